The summed E-state index contributed by atoms with van der Waals surface area (Å²) in [7, 11) is 0. The number of fused-ring (bicyclic) bond motifs is 9. The summed E-state index contributed by atoms with van der Waals surface area (Å²) < 4.78 is 4.65. The van der Waals surface area contributed by atoms with E-state index in [1.165, 1.54) is 60.0 Å². The van der Waals surface area contributed by atoms with E-state index in [1.54, 1.807) is 0 Å². The predicted octanol–water partition coefficient (Wildman–Crippen LogP) is 12.6. The third-order valence-corrected chi connectivity index (χ3v) is 10.8. The molecule has 0 aliphatic heterocycles. The minimum Gasteiger partial charge on any atom is -0.309 e. The molecular weight excluding hydrogens is 645 g/mol. The first-order valence-corrected chi connectivity index (χ1v) is 18.1. The van der Waals surface area contributed by atoms with Crippen molar-refractivity contribution in [2.45, 2.75) is 6.92 Å². The second-order valence-corrected chi connectivity index (χ2v) is 13.9. The summed E-state index contributed by atoms with van der Waals surface area (Å²) in [4.78, 5) is 10.7. The molecule has 0 bridgehead atoms. The van der Waals surface area contributed by atoms with Gasteiger partial charge in [0.15, 0.2) is 0 Å². The molecule has 0 atom stereocenters. The number of hydrogen-bond donors (Lipinski definition) is 0. The first-order valence-electron chi connectivity index (χ1n) is 18.1. The van der Waals surface area contributed by atoms with Crippen LogP contribution >= 0.6 is 0 Å². The summed E-state index contributed by atoms with van der Waals surface area (Å²) in [5.74, 6) is 0.661. The molecule has 8 aromatic carbocycles. The van der Waals surface area contributed by atoms with Gasteiger partial charge in [0.05, 0.1) is 33.3 Å². The first-order chi connectivity index (χ1) is 26.2. The number of aromatic nitrogens is 4. The van der Waals surface area contributed by atoms with Gasteiger partial charge in [-0.05, 0) is 77.4 Å². The van der Waals surface area contributed by atoms with E-state index >= 15 is 0 Å². The molecule has 0 N–H and O–H groups in total. The maximum Gasteiger partial charge on any atom is 0.235 e. The lowest BCUT2D eigenvalue weighted by molar-refractivity contribution is 1.01. The Hall–Kier alpha value is -7.04. The fourth-order valence-corrected chi connectivity index (χ4v) is 8.34. The highest BCUT2D eigenvalue weighted by Crippen LogP contribution is 2.42. The Morgan fingerprint density at radius 1 is 0.396 bits per heavy atom. The van der Waals surface area contributed by atoms with Gasteiger partial charge in [-0.3, -0.25) is 4.57 Å². The summed E-state index contributed by atoms with van der Waals surface area (Å²) in [6.07, 6.45) is 0. The van der Waals surface area contributed by atoms with Crippen LogP contribution in [0, 0.1) is 6.92 Å². The summed E-state index contributed by atoms with van der Waals surface area (Å²) >= 11 is 0. The summed E-state index contributed by atoms with van der Waals surface area (Å²) in [6.45, 7) is 2.14. The molecule has 53 heavy (non-hydrogen) atoms. The smallest absolute Gasteiger partial charge is 0.235 e. The van der Waals surface area contributed by atoms with Gasteiger partial charge in [0.25, 0.3) is 0 Å². The van der Waals surface area contributed by atoms with Crippen LogP contribution in [-0.2, 0) is 0 Å². The normalized spacial score (nSPS) is 11.9. The Bertz CT molecular complexity index is 3220. The fourth-order valence-electron chi connectivity index (χ4n) is 8.34. The molecule has 0 aliphatic carbocycles. The van der Waals surface area contributed by atoms with Crippen molar-refractivity contribution in [2.75, 3.05) is 0 Å². The molecule has 0 amide bonds. The predicted molar refractivity (Wildman–Crippen MR) is 221 cm³/mol. The van der Waals surface area contributed by atoms with Gasteiger partial charge in [-0.15, -0.1) is 0 Å². The lowest BCUT2D eigenvalue weighted by atomic mass is 10.0. The molecule has 0 saturated heterocycles. The van der Waals surface area contributed by atoms with E-state index in [2.05, 4.69) is 192 Å². The number of benzene rings is 8. The first kappa shape index (κ1) is 29.7. The van der Waals surface area contributed by atoms with Crippen molar-refractivity contribution in [3.05, 3.63) is 181 Å². The van der Waals surface area contributed by atoms with E-state index in [4.69, 9.17) is 9.97 Å². The van der Waals surface area contributed by atoms with Crippen molar-refractivity contribution in [1.82, 2.24) is 19.1 Å². The zero-order valence-corrected chi connectivity index (χ0v) is 29.0. The maximum atomic E-state index is 5.41. The molecule has 0 fully saturated rings. The molecule has 3 aromatic heterocycles. The van der Waals surface area contributed by atoms with Crippen molar-refractivity contribution in [3.8, 4) is 34.0 Å². The van der Waals surface area contributed by atoms with E-state index in [1.807, 2.05) is 0 Å². The average molecular weight is 677 g/mol. The lowest BCUT2D eigenvalue weighted by Crippen LogP contribution is -2.03. The molecule has 4 nitrogen and oxygen atoms in total. The second-order valence-electron chi connectivity index (χ2n) is 13.9. The van der Waals surface area contributed by atoms with Crippen LogP contribution in [0.1, 0.15) is 5.56 Å². The standard InChI is InChI=1S/C49H32N4/c1-31-19-20-35-30-36(22-21-34(35)29-31)48-38-13-5-8-16-41(38)50-49(51-48)53-43-18-10-7-15-40(43)47-45(53)28-27-44-46(47)39-14-6-9-17-42(39)52(44)37-25-23-33(24-26-37)32-11-3-2-4-12-32/h2-30H,1H3. The molecule has 0 spiro atoms. The quantitative estimate of drug-likeness (QED) is 0.186. The third-order valence-electron chi connectivity index (χ3n) is 10.8. The zero-order chi connectivity index (χ0) is 35.0. The summed E-state index contributed by atoms with van der Waals surface area (Å²) in [5.41, 5.74) is 12.2. The highest BCUT2D eigenvalue weighted by Gasteiger charge is 2.22. The molecule has 248 valence electrons. The van der Waals surface area contributed by atoms with Crippen LogP contribution in [0.5, 0.6) is 0 Å². The molecule has 3 heterocycles. The highest BCUT2D eigenvalue weighted by atomic mass is 15.2. The van der Waals surface area contributed by atoms with Crippen LogP contribution in [0.3, 0.4) is 0 Å². The lowest BCUT2D eigenvalue weighted by Gasteiger charge is -2.12. The maximum absolute atomic E-state index is 5.41. The van der Waals surface area contributed by atoms with Gasteiger partial charge < -0.3 is 4.57 Å². The molecule has 11 aromatic rings. The Balaban J connectivity index is 1.18. The number of hydrogen-bond acceptors (Lipinski definition) is 2. The van der Waals surface area contributed by atoms with Crippen LogP contribution in [0.4, 0.5) is 0 Å². The van der Waals surface area contributed by atoms with Gasteiger partial charge in [-0.25, -0.2) is 9.97 Å². The van der Waals surface area contributed by atoms with Crippen molar-refractivity contribution < 1.29 is 0 Å². The summed E-state index contributed by atoms with van der Waals surface area (Å²) in [5, 5.41) is 8.28. The SMILES string of the molecule is Cc1ccc2cc(-c3nc(-n4c5ccccc5c5c6c7ccccc7n(-c7ccc(-c8ccccc8)cc7)c6ccc54)nc4ccccc34)ccc2c1. The van der Waals surface area contributed by atoms with Crippen molar-refractivity contribution in [1.29, 1.82) is 0 Å². The number of rotatable bonds is 4. The topological polar surface area (TPSA) is 35.6 Å². The van der Waals surface area contributed by atoms with Crippen LogP contribution < -0.4 is 0 Å². The Morgan fingerprint density at radius 2 is 0.962 bits per heavy atom. The van der Waals surface area contributed by atoms with Crippen molar-refractivity contribution >= 4 is 65.3 Å². The number of aryl methyl sites for hydroxylation is 1. The minimum absolute atomic E-state index is 0.661. The van der Waals surface area contributed by atoms with Crippen molar-refractivity contribution in [3.63, 3.8) is 0 Å². The van der Waals surface area contributed by atoms with Crippen LogP contribution in [0.25, 0.3) is 99.3 Å². The average Bonchev–Trinajstić information content (AvgIpc) is 3.73. The minimum atomic E-state index is 0.661. The van der Waals surface area contributed by atoms with Crippen LogP contribution in [0.2, 0.25) is 0 Å². The van der Waals surface area contributed by atoms with Gasteiger partial charge >= 0.3 is 0 Å². The van der Waals surface area contributed by atoms with E-state index in [0.717, 1.165) is 38.9 Å². The van der Waals surface area contributed by atoms with Gasteiger partial charge in [0, 0.05) is 38.2 Å². The molecular formula is C49H32N4. The summed E-state index contributed by atoms with van der Waals surface area (Å²) in [6, 6.07) is 63.0. The van der Waals surface area contributed by atoms with Crippen LogP contribution in [0.15, 0.2) is 176 Å². The van der Waals surface area contributed by atoms with E-state index in [0.29, 0.717) is 5.95 Å². The van der Waals surface area contributed by atoms with Gasteiger partial charge in [-0.1, -0.05) is 133 Å². The molecule has 4 heteroatoms. The molecule has 0 unspecified atom stereocenters. The zero-order valence-electron chi connectivity index (χ0n) is 29.0. The van der Waals surface area contributed by atoms with E-state index < -0.39 is 0 Å². The second kappa shape index (κ2) is 11.5. The fraction of sp³-hybridized carbons (Fsp3) is 0.0204. The molecule has 0 saturated carbocycles. The molecule has 0 aliphatic rings. The number of para-hydroxylation sites is 3. The largest absolute Gasteiger partial charge is 0.309 e. The van der Waals surface area contributed by atoms with Gasteiger partial charge in [0.2, 0.25) is 5.95 Å². The van der Waals surface area contributed by atoms with Gasteiger partial charge in [-0.2, -0.15) is 0 Å². The van der Waals surface area contributed by atoms with E-state index in [-0.39, 0.29) is 0 Å². The molecule has 11 rings (SSSR count). The van der Waals surface area contributed by atoms with Crippen molar-refractivity contribution in [2.24, 2.45) is 0 Å². The van der Waals surface area contributed by atoms with E-state index in [9.17, 15) is 0 Å². The third kappa shape index (κ3) is 4.56. The monoisotopic (exact) mass is 676 g/mol. The number of nitrogens with zero attached hydrogens (tertiary/aromatic N) is 4. The Kier molecular flexibility index (Phi) is 6.43. The highest BCUT2D eigenvalue weighted by molar-refractivity contribution is 6.28. The molecule has 0 radical (unpaired) electrons. The Labute approximate surface area is 305 Å². The van der Waals surface area contributed by atoms with Gasteiger partial charge in [0.1, 0.15) is 0 Å². The van der Waals surface area contributed by atoms with Crippen LogP contribution in [-0.4, -0.2) is 19.1 Å². The Morgan fingerprint density at radius 3 is 1.72 bits per heavy atom.